The maximum Gasteiger partial charge on any atom is 0.120 e. The molecule has 0 aliphatic rings. The highest BCUT2D eigenvalue weighted by Crippen LogP contribution is 2.16. The first kappa shape index (κ1) is 12.0. The van der Waals surface area contributed by atoms with Crippen molar-refractivity contribution in [3.05, 3.63) is 47.8 Å². The highest BCUT2D eigenvalue weighted by atomic mass is 16.3. The zero-order valence-corrected chi connectivity index (χ0v) is 10.6. The molecule has 0 saturated heterocycles. The number of rotatable bonds is 5. The van der Waals surface area contributed by atoms with Crippen LogP contribution < -0.4 is 5.32 Å². The van der Waals surface area contributed by atoms with Crippen molar-refractivity contribution < 1.29 is 8.83 Å². The fourth-order valence-electron chi connectivity index (χ4n) is 1.98. The van der Waals surface area contributed by atoms with Gasteiger partial charge in [0.15, 0.2) is 0 Å². The van der Waals surface area contributed by atoms with E-state index in [4.69, 9.17) is 8.83 Å². The van der Waals surface area contributed by atoms with Crippen molar-refractivity contribution in [2.75, 3.05) is 0 Å². The number of nitrogens with one attached hydrogen (secondary N) is 1. The Labute approximate surface area is 102 Å². The van der Waals surface area contributed by atoms with Crippen molar-refractivity contribution >= 4 is 0 Å². The SMILES string of the molecule is Cc1ccc(C(C)NC(C)Cc2ccco2)o1. The molecule has 2 unspecified atom stereocenters. The third-order valence-corrected chi connectivity index (χ3v) is 2.81. The minimum Gasteiger partial charge on any atom is -0.469 e. The molecule has 0 amide bonds. The molecule has 3 nitrogen and oxygen atoms in total. The smallest absolute Gasteiger partial charge is 0.120 e. The van der Waals surface area contributed by atoms with E-state index in [1.165, 1.54) is 0 Å². The van der Waals surface area contributed by atoms with Gasteiger partial charge in [0, 0.05) is 12.5 Å². The maximum atomic E-state index is 5.60. The molecule has 0 saturated carbocycles. The molecule has 0 fully saturated rings. The standard InChI is InChI=1S/C14H19NO2/c1-10(9-13-5-4-8-16-13)15-12(3)14-7-6-11(2)17-14/h4-8,10,12,15H,9H2,1-3H3. The van der Waals surface area contributed by atoms with E-state index in [2.05, 4.69) is 19.2 Å². The lowest BCUT2D eigenvalue weighted by atomic mass is 10.1. The molecule has 0 radical (unpaired) electrons. The van der Waals surface area contributed by atoms with Gasteiger partial charge in [-0.15, -0.1) is 0 Å². The lowest BCUT2D eigenvalue weighted by Crippen LogP contribution is -2.30. The van der Waals surface area contributed by atoms with Gasteiger partial charge >= 0.3 is 0 Å². The van der Waals surface area contributed by atoms with E-state index >= 15 is 0 Å². The van der Waals surface area contributed by atoms with Crippen LogP contribution in [0.25, 0.3) is 0 Å². The average Bonchev–Trinajstić information content (AvgIpc) is 2.89. The van der Waals surface area contributed by atoms with Gasteiger partial charge in [-0.1, -0.05) is 0 Å². The summed E-state index contributed by atoms with van der Waals surface area (Å²) in [7, 11) is 0. The summed E-state index contributed by atoms with van der Waals surface area (Å²) in [5.41, 5.74) is 0. The third-order valence-electron chi connectivity index (χ3n) is 2.81. The lowest BCUT2D eigenvalue weighted by molar-refractivity contribution is 0.375. The largest absolute Gasteiger partial charge is 0.469 e. The quantitative estimate of drug-likeness (QED) is 0.859. The maximum absolute atomic E-state index is 5.60. The Morgan fingerprint density at radius 3 is 2.65 bits per heavy atom. The summed E-state index contributed by atoms with van der Waals surface area (Å²) in [6, 6.07) is 8.49. The summed E-state index contributed by atoms with van der Waals surface area (Å²) >= 11 is 0. The number of furan rings is 2. The summed E-state index contributed by atoms with van der Waals surface area (Å²) in [4.78, 5) is 0. The Morgan fingerprint density at radius 2 is 2.06 bits per heavy atom. The van der Waals surface area contributed by atoms with Crippen LogP contribution in [-0.4, -0.2) is 6.04 Å². The molecule has 0 bridgehead atoms. The number of aryl methyl sites for hydroxylation is 1. The second kappa shape index (κ2) is 5.23. The molecule has 2 aromatic heterocycles. The summed E-state index contributed by atoms with van der Waals surface area (Å²) in [6.07, 6.45) is 2.60. The van der Waals surface area contributed by atoms with Crippen LogP contribution in [0.15, 0.2) is 39.4 Å². The van der Waals surface area contributed by atoms with Gasteiger partial charge in [0.1, 0.15) is 17.3 Å². The zero-order valence-electron chi connectivity index (χ0n) is 10.6. The predicted octanol–water partition coefficient (Wildman–Crippen LogP) is 3.46. The fourth-order valence-corrected chi connectivity index (χ4v) is 1.98. The van der Waals surface area contributed by atoms with Gasteiger partial charge in [-0.3, -0.25) is 0 Å². The van der Waals surface area contributed by atoms with Crippen molar-refractivity contribution in [1.82, 2.24) is 5.32 Å². The first-order valence-electron chi connectivity index (χ1n) is 6.00. The Hall–Kier alpha value is -1.48. The molecular weight excluding hydrogens is 214 g/mol. The average molecular weight is 233 g/mol. The molecule has 17 heavy (non-hydrogen) atoms. The van der Waals surface area contributed by atoms with Crippen molar-refractivity contribution in [2.24, 2.45) is 0 Å². The molecule has 2 heterocycles. The second-order valence-electron chi connectivity index (χ2n) is 4.52. The fraction of sp³-hybridized carbons (Fsp3) is 0.429. The zero-order chi connectivity index (χ0) is 12.3. The van der Waals surface area contributed by atoms with E-state index in [1.807, 2.05) is 31.2 Å². The van der Waals surface area contributed by atoms with Crippen molar-refractivity contribution in [2.45, 2.75) is 39.3 Å². The van der Waals surface area contributed by atoms with Crippen LogP contribution in [0.1, 0.15) is 37.2 Å². The molecule has 2 rings (SSSR count). The summed E-state index contributed by atoms with van der Waals surface area (Å²) in [5, 5.41) is 3.49. The highest BCUT2D eigenvalue weighted by molar-refractivity contribution is 5.09. The van der Waals surface area contributed by atoms with Crippen LogP contribution >= 0.6 is 0 Å². The summed E-state index contributed by atoms with van der Waals surface area (Å²) < 4.78 is 10.9. The van der Waals surface area contributed by atoms with Crippen LogP contribution in [0.3, 0.4) is 0 Å². The molecule has 92 valence electrons. The highest BCUT2D eigenvalue weighted by Gasteiger charge is 2.13. The van der Waals surface area contributed by atoms with Crippen LogP contribution in [-0.2, 0) is 6.42 Å². The Kier molecular flexibility index (Phi) is 3.69. The Bertz CT molecular complexity index is 444. The van der Waals surface area contributed by atoms with Crippen LogP contribution in [0.5, 0.6) is 0 Å². The minimum atomic E-state index is 0.216. The number of hydrogen-bond acceptors (Lipinski definition) is 3. The van der Waals surface area contributed by atoms with Crippen LogP contribution in [0, 0.1) is 6.92 Å². The van der Waals surface area contributed by atoms with E-state index in [0.717, 1.165) is 23.7 Å². The molecule has 0 aromatic carbocycles. The van der Waals surface area contributed by atoms with E-state index in [9.17, 15) is 0 Å². The van der Waals surface area contributed by atoms with Gasteiger partial charge in [-0.2, -0.15) is 0 Å². The van der Waals surface area contributed by atoms with Crippen LogP contribution in [0.2, 0.25) is 0 Å². The first-order chi connectivity index (χ1) is 8.15. The summed E-state index contributed by atoms with van der Waals surface area (Å²) in [6.45, 7) is 6.22. The Morgan fingerprint density at radius 1 is 1.24 bits per heavy atom. The normalized spacial score (nSPS) is 14.8. The molecule has 0 aliphatic heterocycles. The molecule has 3 heteroatoms. The van der Waals surface area contributed by atoms with Gasteiger partial charge in [0.2, 0.25) is 0 Å². The van der Waals surface area contributed by atoms with Gasteiger partial charge in [-0.05, 0) is 45.0 Å². The van der Waals surface area contributed by atoms with Gasteiger partial charge < -0.3 is 14.2 Å². The minimum absolute atomic E-state index is 0.216. The van der Waals surface area contributed by atoms with E-state index in [0.29, 0.717) is 6.04 Å². The van der Waals surface area contributed by atoms with Gasteiger partial charge in [0.25, 0.3) is 0 Å². The topological polar surface area (TPSA) is 38.3 Å². The molecule has 0 aliphatic carbocycles. The van der Waals surface area contributed by atoms with Crippen molar-refractivity contribution in [1.29, 1.82) is 0 Å². The lowest BCUT2D eigenvalue weighted by Gasteiger charge is -2.17. The van der Waals surface area contributed by atoms with E-state index in [-0.39, 0.29) is 6.04 Å². The van der Waals surface area contributed by atoms with E-state index in [1.54, 1.807) is 6.26 Å². The van der Waals surface area contributed by atoms with Crippen molar-refractivity contribution in [3.63, 3.8) is 0 Å². The first-order valence-corrected chi connectivity index (χ1v) is 6.00. The number of hydrogen-bond donors (Lipinski definition) is 1. The second-order valence-corrected chi connectivity index (χ2v) is 4.52. The third kappa shape index (κ3) is 3.24. The van der Waals surface area contributed by atoms with E-state index < -0.39 is 0 Å². The van der Waals surface area contributed by atoms with Gasteiger partial charge in [-0.25, -0.2) is 0 Å². The predicted molar refractivity (Wildman–Crippen MR) is 66.9 cm³/mol. The molecule has 0 spiro atoms. The van der Waals surface area contributed by atoms with Gasteiger partial charge in [0.05, 0.1) is 12.3 Å². The monoisotopic (exact) mass is 233 g/mol. The van der Waals surface area contributed by atoms with Crippen molar-refractivity contribution in [3.8, 4) is 0 Å². The molecular formula is C14H19NO2. The summed E-state index contributed by atoms with van der Waals surface area (Å²) in [5.74, 6) is 2.94. The molecule has 1 N–H and O–H groups in total. The van der Waals surface area contributed by atoms with Crippen LogP contribution in [0.4, 0.5) is 0 Å². The molecule has 2 aromatic rings. The molecule has 2 atom stereocenters. The Balaban J connectivity index is 1.88.